The number of methoxy groups -OCH3 is 1. The molecule has 10 heteroatoms. The maximum absolute atomic E-state index is 12.5. The van der Waals surface area contributed by atoms with Gasteiger partial charge in [0, 0.05) is 53.7 Å². The smallest absolute Gasteiger partial charge is 0.264 e. The molecule has 1 fully saturated rings. The van der Waals surface area contributed by atoms with Crippen molar-refractivity contribution in [3.8, 4) is 5.75 Å². The van der Waals surface area contributed by atoms with Crippen LogP contribution < -0.4 is 20.3 Å². The van der Waals surface area contributed by atoms with Crippen LogP contribution in [-0.2, 0) is 4.79 Å². The SMILES string of the molecule is COc1ccc(Br)cc1C=CC(=O)NC(=S)Nc1ccc(N2CCN(C(=O)c3cccs3)CC2)cc1. The average Bonchev–Trinajstić information content (AvgIpc) is 3.43. The minimum atomic E-state index is -0.346. The lowest BCUT2D eigenvalue weighted by molar-refractivity contribution is -0.115. The van der Waals surface area contributed by atoms with Gasteiger partial charge in [0.15, 0.2) is 5.11 Å². The fraction of sp³-hybridized carbons (Fsp3) is 0.192. The second-order valence-electron chi connectivity index (χ2n) is 7.97. The second kappa shape index (κ2) is 12.2. The quantitative estimate of drug-likeness (QED) is 0.313. The van der Waals surface area contributed by atoms with Crippen LogP contribution >= 0.6 is 39.5 Å². The number of thiocarbonyl (C=S) groups is 1. The van der Waals surface area contributed by atoms with E-state index < -0.39 is 0 Å². The summed E-state index contributed by atoms with van der Waals surface area (Å²) in [7, 11) is 1.58. The lowest BCUT2D eigenvalue weighted by atomic mass is 10.2. The fourth-order valence-corrected chi connectivity index (χ4v) is 5.08. The van der Waals surface area contributed by atoms with Crippen molar-refractivity contribution in [1.29, 1.82) is 0 Å². The number of hydrogen-bond donors (Lipinski definition) is 2. The fourth-order valence-electron chi connectivity index (χ4n) is 3.80. The molecule has 1 aromatic heterocycles. The van der Waals surface area contributed by atoms with Gasteiger partial charge in [0.05, 0.1) is 12.0 Å². The van der Waals surface area contributed by atoms with Crippen LogP contribution in [0.1, 0.15) is 15.2 Å². The lowest BCUT2D eigenvalue weighted by Crippen LogP contribution is -2.48. The normalized spacial score (nSPS) is 13.5. The van der Waals surface area contributed by atoms with Gasteiger partial charge in [-0.25, -0.2) is 0 Å². The van der Waals surface area contributed by atoms with E-state index in [1.165, 1.54) is 17.4 Å². The summed E-state index contributed by atoms with van der Waals surface area (Å²) in [5.41, 5.74) is 2.62. The molecule has 0 spiro atoms. The highest BCUT2D eigenvalue weighted by Crippen LogP contribution is 2.24. The first-order valence-electron chi connectivity index (χ1n) is 11.2. The van der Waals surface area contributed by atoms with E-state index in [9.17, 15) is 9.59 Å². The van der Waals surface area contributed by atoms with Crippen molar-refractivity contribution in [2.75, 3.05) is 43.5 Å². The Morgan fingerprint density at radius 3 is 2.50 bits per heavy atom. The van der Waals surface area contributed by atoms with Crippen LogP contribution in [0.15, 0.2) is 70.5 Å². The third-order valence-corrected chi connectivity index (χ3v) is 7.19. The third kappa shape index (κ3) is 6.71. The molecule has 0 bridgehead atoms. The first-order chi connectivity index (χ1) is 17.4. The monoisotopic (exact) mass is 584 g/mol. The van der Waals surface area contributed by atoms with E-state index in [4.69, 9.17) is 17.0 Å². The van der Waals surface area contributed by atoms with Crippen molar-refractivity contribution in [2.45, 2.75) is 0 Å². The highest BCUT2D eigenvalue weighted by atomic mass is 79.9. The van der Waals surface area contributed by atoms with Crippen molar-refractivity contribution >= 4 is 73.9 Å². The number of piperazine rings is 1. The van der Waals surface area contributed by atoms with Gasteiger partial charge in [-0.05, 0) is 72.2 Å². The molecule has 186 valence electrons. The number of amides is 2. The Labute approximate surface area is 227 Å². The third-order valence-electron chi connectivity index (χ3n) is 5.63. The van der Waals surface area contributed by atoms with E-state index in [1.54, 1.807) is 13.2 Å². The number of carbonyl (C=O) groups excluding carboxylic acids is 2. The number of nitrogens with one attached hydrogen (secondary N) is 2. The van der Waals surface area contributed by atoms with E-state index in [-0.39, 0.29) is 16.9 Å². The number of hydrogen-bond acceptors (Lipinski definition) is 6. The van der Waals surface area contributed by atoms with Gasteiger partial charge < -0.3 is 19.9 Å². The predicted octanol–water partition coefficient (Wildman–Crippen LogP) is 5.01. The van der Waals surface area contributed by atoms with Gasteiger partial charge in [-0.1, -0.05) is 22.0 Å². The van der Waals surface area contributed by atoms with Gasteiger partial charge in [-0.3, -0.25) is 14.9 Å². The summed E-state index contributed by atoms with van der Waals surface area (Å²) in [5, 5.41) is 7.82. The van der Waals surface area contributed by atoms with Crippen molar-refractivity contribution in [2.24, 2.45) is 0 Å². The summed E-state index contributed by atoms with van der Waals surface area (Å²) < 4.78 is 6.20. The molecule has 0 unspecified atom stereocenters. The molecule has 3 aromatic rings. The van der Waals surface area contributed by atoms with Crippen molar-refractivity contribution in [3.63, 3.8) is 0 Å². The van der Waals surface area contributed by atoms with Crippen LogP contribution in [0.5, 0.6) is 5.75 Å². The van der Waals surface area contributed by atoms with E-state index >= 15 is 0 Å². The van der Waals surface area contributed by atoms with Crippen LogP contribution in [0.2, 0.25) is 0 Å². The first kappa shape index (κ1) is 25.9. The molecule has 1 saturated heterocycles. The Hall–Kier alpha value is -3.21. The zero-order valence-electron chi connectivity index (χ0n) is 19.6. The standard InChI is InChI=1S/C26H25BrN4O3S2/c1-34-22-10-5-19(27)17-18(22)4-11-24(32)29-26(35)28-20-6-8-21(9-7-20)30-12-14-31(15-13-30)25(33)23-3-2-16-36-23/h2-11,16-17H,12-15H2,1H3,(H2,28,29,32,35). The molecule has 7 nitrogen and oxygen atoms in total. The minimum absolute atomic E-state index is 0.102. The van der Waals surface area contributed by atoms with E-state index in [2.05, 4.69) is 31.5 Å². The summed E-state index contributed by atoms with van der Waals surface area (Å²) in [4.78, 5) is 29.8. The Kier molecular flexibility index (Phi) is 8.74. The Balaban J connectivity index is 1.26. The van der Waals surface area contributed by atoms with Gasteiger partial charge in [0.25, 0.3) is 5.91 Å². The minimum Gasteiger partial charge on any atom is -0.496 e. The van der Waals surface area contributed by atoms with E-state index in [0.29, 0.717) is 18.8 Å². The summed E-state index contributed by atoms with van der Waals surface area (Å²) >= 11 is 10.2. The number of anilines is 2. The van der Waals surface area contributed by atoms with Gasteiger partial charge in [0.1, 0.15) is 5.75 Å². The first-order valence-corrected chi connectivity index (χ1v) is 13.3. The zero-order chi connectivity index (χ0) is 25.5. The molecular formula is C26H25BrN4O3S2. The molecule has 0 radical (unpaired) electrons. The second-order valence-corrected chi connectivity index (χ2v) is 10.2. The highest BCUT2D eigenvalue weighted by Gasteiger charge is 2.22. The van der Waals surface area contributed by atoms with Crippen molar-refractivity contribution in [1.82, 2.24) is 10.2 Å². The molecule has 0 atom stereocenters. The number of halogens is 1. The molecule has 4 rings (SSSR count). The highest BCUT2D eigenvalue weighted by molar-refractivity contribution is 9.10. The summed E-state index contributed by atoms with van der Waals surface area (Å²) in [6, 6.07) is 17.2. The number of carbonyl (C=O) groups is 2. The number of nitrogens with zero attached hydrogens (tertiary/aromatic N) is 2. The number of rotatable bonds is 6. The molecule has 0 saturated carbocycles. The molecule has 2 N–H and O–H groups in total. The largest absolute Gasteiger partial charge is 0.496 e. The van der Waals surface area contributed by atoms with Gasteiger partial charge in [0.2, 0.25) is 5.91 Å². The number of benzene rings is 2. The molecule has 2 amide bonds. The molecule has 36 heavy (non-hydrogen) atoms. The van der Waals surface area contributed by atoms with Gasteiger partial charge >= 0.3 is 0 Å². The zero-order valence-corrected chi connectivity index (χ0v) is 22.8. The van der Waals surface area contributed by atoms with E-state index in [1.807, 2.05) is 64.9 Å². The maximum Gasteiger partial charge on any atom is 0.264 e. The molecule has 1 aliphatic rings. The molecule has 1 aliphatic heterocycles. The van der Waals surface area contributed by atoms with Crippen LogP contribution in [-0.4, -0.2) is 55.1 Å². The predicted molar refractivity (Wildman–Crippen MR) is 153 cm³/mol. The van der Waals surface area contributed by atoms with Crippen LogP contribution in [0, 0.1) is 0 Å². The van der Waals surface area contributed by atoms with Gasteiger partial charge in [-0.15, -0.1) is 11.3 Å². The van der Waals surface area contributed by atoms with Crippen LogP contribution in [0.25, 0.3) is 6.08 Å². The Morgan fingerprint density at radius 1 is 1.08 bits per heavy atom. The summed E-state index contributed by atoms with van der Waals surface area (Å²) in [6.07, 6.45) is 3.08. The number of ether oxygens (including phenoxy) is 1. The summed E-state index contributed by atoms with van der Waals surface area (Å²) in [6.45, 7) is 2.92. The maximum atomic E-state index is 12.5. The van der Waals surface area contributed by atoms with Crippen molar-refractivity contribution in [3.05, 3.63) is 81.0 Å². The van der Waals surface area contributed by atoms with Gasteiger partial charge in [-0.2, -0.15) is 0 Å². The Bertz CT molecular complexity index is 1250. The van der Waals surface area contributed by atoms with Crippen molar-refractivity contribution < 1.29 is 14.3 Å². The molecule has 0 aliphatic carbocycles. The van der Waals surface area contributed by atoms with Crippen LogP contribution in [0.3, 0.4) is 0 Å². The lowest BCUT2D eigenvalue weighted by Gasteiger charge is -2.36. The molecular weight excluding hydrogens is 560 g/mol. The topological polar surface area (TPSA) is 73.9 Å². The summed E-state index contributed by atoms with van der Waals surface area (Å²) in [5.74, 6) is 0.421. The number of thiophene rings is 1. The van der Waals surface area contributed by atoms with E-state index in [0.717, 1.165) is 39.4 Å². The Morgan fingerprint density at radius 2 is 1.83 bits per heavy atom. The molecule has 2 heterocycles. The molecule has 2 aromatic carbocycles. The average molecular weight is 586 g/mol. The van der Waals surface area contributed by atoms with Crippen LogP contribution in [0.4, 0.5) is 11.4 Å².